The maximum absolute atomic E-state index is 11.0. The van der Waals surface area contributed by atoms with Crippen molar-refractivity contribution in [1.82, 2.24) is 10.3 Å². The standard InChI is InChI=1S/C13H15N3O2S2/c1-7-12(16-13(19-7)15-9(3)18)11-5-4-10(20-11)6-14-8(2)17/h4-5H,6H2,1-3H3,(H,14,17)(H,15,16,18). The molecular weight excluding hydrogens is 294 g/mol. The Bertz CT molecular complexity index is 646. The largest absolute Gasteiger partial charge is 0.351 e. The molecule has 0 bridgehead atoms. The molecule has 7 heteroatoms. The fraction of sp³-hybridized carbons (Fsp3) is 0.308. The minimum atomic E-state index is -0.122. The second kappa shape index (κ2) is 6.15. The minimum Gasteiger partial charge on any atom is -0.351 e. The van der Waals surface area contributed by atoms with Gasteiger partial charge in [-0.3, -0.25) is 9.59 Å². The van der Waals surface area contributed by atoms with Crippen molar-refractivity contribution < 1.29 is 9.59 Å². The van der Waals surface area contributed by atoms with Gasteiger partial charge in [-0.05, 0) is 19.1 Å². The molecule has 106 valence electrons. The number of carbonyl (C=O) groups excluding carboxylic acids is 2. The van der Waals surface area contributed by atoms with Crippen molar-refractivity contribution in [2.45, 2.75) is 27.3 Å². The number of aromatic nitrogens is 1. The predicted molar refractivity (Wildman–Crippen MR) is 82.0 cm³/mol. The number of rotatable bonds is 4. The molecule has 0 fully saturated rings. The zero-order valence-corrected chi connectivity index (χ0v) is 13.1. The number of carbonyl (C=O) groups is 2. The highest BCUT2D eigenvalue weighted by atomic mass is 32.1. The lowest BCUT2D eigenvalue weighted by Crippen LogP contribution is -2.17. The van der Waals surface area contributed by atoms with Gasteiger partial charge in [-0.15, -0.1) is 22.7 Å². The van der Waals surface area contributed by atoms with Crippen LogP contribution in [0.3, 0.4) is 0 Å². The summed E-state index contributed by atoms with van der Waals surface area (Å²) in [6, 6.07) is 3.97. The van der Waals surface area contributed by atoms with Crippen LogP contribution in [0.4, 0.5) is 5.13 Å². The summed E-state index contributed by atoms with van der Waals surface area (Å²) in [6.45, 7) is 5.47. The molecule has 2 amide bonds. The van der Waals surface area contributed by atoms with Gasteiger partial charge >= 0.3 is 0 Å². The van der Waals surface area contributed by atoms with Gasteiger partial charge in [-0.25, -0.2) is 4.98 Å². The highest BCUT2D eigenvalue weighted by Crippen LogP contribution is 2.34. The number of hydrogen-bond acceptors (Lipinski definition) is 5. The third kappa shape index (κ3) is 3.64. The monoisotopic (exact) mass is 309 g/mol. The molecule has 2 heterocycles. The SMILES string of the molecule is CC(=O)NCc1ccc(-c2nc(NC(C)=O)sc2C)s1. The molecular formula is C13H15N3O2S2. The van der Waals surface area contributed by atoms with Gasteiger partial charge in [-0.2, -0.15) is 0 Å². The van der Waals surface area contributed by atoms with E-state index in [2.05, 4.69) is 15.6 Å². The summed E-state index contributed by atoms with van der Waals surface area (Å²) >= 11 is 3.05. The maximum Gasteiger partial charge on any atom is 0.223 e. The summed E-state index contributed by atoms with van der Waals surface area (Å²) in [5.74, 6) is -0.166. The number of aryl methyl sites for hydroxylation is 1. The van der Waals surface area contributed by atoms with Gasteiger partial charge in [-0.1, -0.05) is 0 Å². The zero-order valence-electron chi connectivity index (χ0n) is 11.4. The lowest BCUT2D eigenvalue weighted by Gasteiger charge is -1.97. The molecule has 0 aromatic carbocycles. The second-order valence-corrected chi connectivity index (χ2v) is 6.65. The average Bonchev–Trinajstić information content (AvgIpc) is 2.92. The Balaban J connectivity index is 2.17. The van der Waals surface area contributed by atoms with Crippen molar-refractivity contribution in [2.75, 3.05) is 5.32 Å². The first-order valence-corrected chi connectivity index (χ1v) is 7.67. The molecule has 0 aliphatic rings. The van der Waals surface area contributed by atoms with Crippen molar-refractivity contribution in [3.05, 3.63) is 21.9 Å². The highest BCUT2D eigenvalue weighted by Gasteiger charge is 2.12. The van der Waals surface area contributed by atoms with Gasteiger partial charge in [0, 0.05) is 23.6 Å². The molecule has 0 spiro atoms. The fourth-order valence-corrected chi connectivity index (χ4v) is 3.57. The van der Waals surface area contributed by atoms with Gasteiger partial charge in [0.1, 0.15) is 0 Å². The van der Waals surface area contributed by atoms with Crippen LogP contribution in [-0.4, -0.2) is 16.8 Å². The number of nitrogens with one attached hydrogen (secondary N) is 2. The summed E-state index contributed by atoms with van der Waals surface area (Å²) < 4.78 is 0. The maximum atomic E-state index is 11.0. The number of nitrogens with zero attached hydrogens (tertiary/aromatic N) is 1. The summed E-state index contributed by atoms with van der Waals surface area (Å²) in [6.07, 6.45) is 0. The van der Waals surface area contributed by atoms with Crippen molar-refractivity contribution in [3.8, 4) is 10.6 Å². The minimum absolute atomic E-state index is 0.0438. The Labute approximate surface area is 125 Å². The number of amides is 2. The Kier molecular flexibility index (Phi) is 4.51. The normalized spacial score (nSPS) is 10.3. The fourth-order valence-electron chi connectivity index (χ4n) is 1.64. The first kappa shape index (κ1) is 14.7. The molecule has 0 atom stereocenters. The Morgan fingerprint density at radius 1 is 1.20 bits per heavy atom. The van der Waals surface area contributed by atoms with E-state index >= 15 is 0 Å². The van der Waals surface area contributed by atoms with E-state index in [1.54, 1.807) is 11.3 Å². The van der Waals surface area contributed by atoms with Gasteiger partial charge in [0.15, 0.2) is 5.13 Å². The summed E-state index contributed by atoms with van der Waals surface area (Å²) in [4.78, 5) is 29.5. The number of thiophene rings is 1. The first-order chi connectivity index (χ1) is 9.45. The van der Waals surface area contributed by atoms with Crippen LogP contribution in [0.25, 0.3) is 10.6 Å². The van der Waals surface area contributed by atoms with Crippen LogP contribution in [0.5, 0.6) is 0 Å². The van der Waals surface area contributed by atoms with E-state index in [9.17, 15) is 9.59 Å². The lowest BCUT2D eigenvalue weighted by molar-refractivity contribution is -0.119. The van der Waals surface area contributed by atoms with Crippen LogP contribution in [0.2, 0.25) is 0 Å². The van der Waals surface area contributed by atoms with Crippen LogP contribution in [0.1, 0.15) is 23.6 Å². The number of anilines is 1. The summed E-state index contributed by atoms with van der Waals surface area (Å²) in [5.41, 5.74) is 0.887. The molecule has 2 N–H and O–H groups in total. The Morgan fingerprint density at radius 3 is 2.60 bits per heavy atom. The van der Waals surface area contributed by atoms with Crippen molar-refractivity contribution >= 4 is 39.6 Å². The molecule has 0 aliphatic heterocycles. The molecule has 5 nitrogen and oxygen atoms in total. The second-order valence-electron chi connectivity index (χ2n) is 4.28. The topological polar surface area (TPSA) is 71.1 Å². The molecule has 20 heavy (non-hydrogen) atoms. The third-order valence-corrected chi connectivity index (χ3v) is 4.46. The third-order valence-electron chi connectivity index (χ3n) is 2.49. The van der Waals surface area contributed by atoms with E-state index in [0.29, 0.717) is 11.7 Å². The van der Waals surface area contributed by atoms with Gasteiger partial charge in [0.05, 0.1) is 17.1 Å². The van der Waals surface area contributed by atoms with Gasteiger partial charge in [0.25, 0.3) is 0 Å². The van der Waals surface area contributed by atoms with E-state index in [0.717, 1.165) is 20.3 Å². The quantitative estimate of drug-likeness (QED) is 0.912. The molecule has 0 unspecified atom stereocenters. The van der Waals surface area contributed by atoms with E-state index in [1.165, 1.54) is 25.2 Å². The van der Waals surface area contributed by atoms with E-state index in [-0.39, 0.29) is 11.8 Å². The molecule has 0 aliphatic carbocycles. The average molecular weight is 309 g/mol. The van der Waals surface area contributed by atoms with Crippen LogP contribution < -0.4 is 10.6 Å². The van der Waals surface area contributed by atoms with Crippen molar-refractivity contribution in [1.29, 1.82) is 0 Å². The van der Waals surface area contributed by atoms with Crippen molar-refractivity contribution in [2.24, 2.45) is 0 Å². The predicted octanol–water partition coefficient (Wildman–Crippen LogP) is 2.77. The van der Waals surface area contributed by atoms with E-state index in [1.807, 2.05) is 19.1 Å². The van der Waals surface area contributed by atoms with Crippen LogP contribution >= 0.6 is 22.7 Å². The number of thiazole rings is 1. The Morgan fingerprint density at radius 2 is 1.95 bits per heavy atom. The van der Waals surface area contributed by atoms with Crippen LogP contribution in [0, 0.1) is 6.92 Å². The molecule has 0 radical (unpaired) electrons. The molecule has 0 saturated carbocycles. The Hall–Kier alpha value is -1.73. The van der Waals surface area contributed by atoms with Gasteiger partial charge < -0.3 is 10.6 Å². The smallest absolute Gasteiger partial charge is 0.223 e. The van der Waals surface area contributed by atoms with Crippen LogP contribution in [-0.2, 0) is 16.1 Å². The summed E-state index contributed by atoms with van der Waals surface area (Å²) in [5, 5.41) is 6.08. The van der Waals surface area contributed by atoms with Crippen molar-refractivity contribution in [3.63, 3.8) is 0 Å². The molecule has 0 saturated heterocycles. The lowest BCUT2D eigenvalue weighted by atomic mass is 10.3. The zero-order chi connectivity index (χ0) is 14.7. The van der Waals surface area contributed by atoms with Crippen LogP contribution in [0.15, 0.2) is 12.1 Å². The first-order valence-electron chi connectivity index (χ1n) is 6.04. The van der Waals surface area contributed by atoms with E-state index in [4.69, 9.17) is 0 Å². The molecule has 2 rings (SSSR count). The van der Waals surface area contributed by atoms with E-state index < -0.39 is 0 Å². The number of hydrogen-bond donors (Lipinski definition) is 2. The molecule has 2 aromatic heterocycles. The molecule has 2 aromatic rings. The van der Waals surface area contributed by atoms with Gasteiger partial charge in [0.2, 0.25) is 11.8 Å². The highest BCUT2D eigenvalue weighted by molar-refractivity contribution is 7.18. The summed E-state index contributed by atoms with van der Waals surface area (Å²) in [7, 11) is 0.